The van der Waals surface area contributed by atoms with Crippen LogP contribution in [0.2, 0.25) is 0 Å². The first-order valence-corrected chi connectivity index (χ1v) is 3.74. The van der Waals surface area contributed by atoms with Crippen LogP contribution in [0.25, 0.3) is 0 Å². The SMILES string of the molecule is COCOc1[c-]ccc(C(F)(F)F)c1.[Li+]. The van der Waals surface area contributed by atoms with E-state index in [-0.39, 0.29) is 31.4 Å². The predicted molar refractivity (Wildman–Crippen MR) is 42.8 cm³/mol. The van der Waals surface area contributed by atoms with E-state index >= 15 is 0 Å². The van der Waals surface area contributed by atoms with Gasteiger partial charge in [-0.15, -0.1) is 12.1 Å². The molecule has 0 heterocycles. The van der Waals surface area contributed by atoms with Crippen molar-refractivity contribution >= 4 is 0 Å². The monoisotopic (exact) mass is 212 g/mol. The molecule has 0 aliphatic carbocycles. The van der Waals surface area contributed by atoms with Gasteiger partial charge in [0.05, 0.1) is 0 Å². The van der Waals surface area contributed by atoms with E-state index in [0.717, 1.165) is 18.2 Å². The minimum atomic E-state index is -4.36. The standard InChI is InChI=1S/C9H8F3O2.Li/c1-13-6-14-8-4-2-3-7(5-8)9(10,11)12;/h2-3,5H,6H2,1H3;/q-1;+1. The molecule has 0 bridgehead atoms. The zero-order valence-corrected chi connectivity index (χ0v) is 8.39. The summed E-state index contributed by atoms with van der Waals surface area (Å²) in [6.07, 6.45) is -4.36. The normalized spacial score (nSPS) is 10.7. The van der Waals surface area contributed by atoms with Crippen LogP contribution in [0.5, 0.6) is 5.75 Å². The first-order valence-electron chi connectivity index (χ1n) is 3.74. The first-order chi connectivity index (χ1) is 6.54. The van der Waals surface area contributed by atoms with Gasteiger partial charge in [-0.3, -0.25) is 0 Å². The maximum absolute atomic E-state index is 12.2. The number of rotatable bonds is 3. The van der Waals surface area contributed by atoms with E-state index in [4.69, 9.17) is 4.74 Å². The third-order valence-electron chi connectivity index (χ3n) is 1.43. The van der Waals surface area contributed by atoms with E-state index in [1.807, 2.05) is 0 Å². The molecule has 0 aliphatic rings. The van der Waals surface area contributed by atoms with E-state index in [9.17, 15) is 13.2 Å². The second-order valence-corrected chi connectivity index (χ2v) is 2.49. The van der Waals surface area contributed by atoms with E-state index in [1.165, 1.54) is 7.11 Å². The van der Waals surface area contributed by atoms with Gasteiger partial charge in [0.15, 0.2) is 6.79 Å². The van der Waals surface area contributed by atoms with Crippen LogP contribution in [0, 0.1) is 6.07 Å². The van der Waals surface area contributed by atoms with Crippen molar-refractivity contribution < 1.29 is 41.5 Å². The van der Waals surface area contributed by atoms with Gasteiger partial charge in [0.2, 0.25) is 0 Å². The third-order valence-corrected chi connectivity index (χ3v) is 1.43. The maximum atomic E-state index is 12.2. The summed E-state index contributed by atoms with van der Waals surface area (Å²) in [5.74, 6) is 0.0154. The molecule has 0 aromatic heterocycles. The summed E-state index contributed by atoms with van der Waals surface area (Å²) in [6.45, 7) is -0.0994. The average Bonchev–Trinajstić information content (AvgIpc) is 2.14. The van der Waals surface area contributed by atoms with Gasteiger partial charge in [0, 0.05) is 12.9 Å². The van der Waals surface area contributed by atoms with E-state index < -0.39 is 11.7 Å². The molecule has 0 unspecified atom stereocenters. The minimum Gasteiger partial charge on any atom is -0.493 e. The number of hydrogen-bond donors (Lipinski definition) is 0. The molecule has 0 saturated carbocycles. The van der Waals surface area contributed by atoms with Crippen molar-refractivity contribution in [1.29, 1.82) is 0 Å². The number of methoxy groups -OCH3 is 1. The van der Waals surface area contributed by atoms with Crippen molar-refractivity contribution in [3.8, 4) is 5.75 Å². The minimum absolute atomic E-state index is 0. The Labute approximate surface area is 97.5 Å². The van der Waals surface area contributed by atoms with Crippen molar-refractivity contribution in [1.82, 2.24) is 0 Å². The molecule has 1 aromatic carbocycles. The van der Waals surface area contributed by atoms with Crippen molar-refractivity contribution in [2.75, 3.05) is 13.9 Å². The van der Waals surface area contributed by atoms with Gasteiger partial charge in [-0.25, -0.2) is 0 Å². The molecule has 0 fully saturated rings. The average molecular weight is 212 g/mol. The first kappa shape index (κ1) is 14.4. The topological polar surface area (TPSA) is 18.5 Å². The molecule has 1 rings (SSSR count). The van der Waals surface area contributed by atoms with Gasteiger partial charge >= 0.3 is 25.0 Å². The summed E-state index contributed by atoms with van der Waals surface area (Å²) in [5, 5.41) is 0. The van der Waals surface area contributed by atoms with Crippen LogP contribution in [0.4, 0.5) is 13.2 Å². The van der Waals surface area contributed by atoms with Gasteiger partial charge in [-0.1, -0.05) is 5.56 Å². The fraction of sp³-hybridized carbons (Fsp3) is 0.333. The molecule has 0 aliphatic heterocycles. The smallest absolute Gasteiger partial charge is 0.493 e. The second kappa shape index (κ2) is 6.06. The predicted octanol–water partition coefficient (Wildman–Crippen LogP) is -0.508. The number of halogens is 3. The molecule has 0 atom stereocenters. The molecule has 6 heteroatoms. The molecule has 2 nitrogen and oxygen atoms in total. The fourth-order valence-electron chi connectivity index (χ4n) is 0.827. The van der Waals surface area contributed by atoms with Crippen molar-refractivity contribution in [2.24, 2.45) is 0 Å². The fourth-order valence-corrected chi connectivity index (χ4v) is 0.827. The van der Waals surface area contributed by atoms with Crippen LogP contribution in [0.15, 0.2) is 18.2 Å². The molecular formula is C9H8F3LiO2. The summed E-state index contributed by atoms with van der Waals surface area (Å²) in [4.78, 5) is 0. The summed E-state index contributed by atoms with van der Waals surface area (Å²) in [5.41, 5.74) is -0.762. The van der Waals surface area contributed by atoms with Crippen molar-refractivity contribution in [2.45, 2.75) is 6.18 Å². The maximum Gasteiger partial charge on any atom is 1.00 e. The van der Waals surface area contributed by atoms with Crippen LogP contribution in [-0.2, 0) is 10.9 Å². The van der Waals surface area contributed by atoms with Gasteiger partial charge in [-0.2, -0.15) is 25.3 Å². The number of alkyl halides is 3. The van der Waals surface area contributed by atoms with Gasteiger partial charge < -0.3 is 9.47 Å². The molecule has 78 valence electrons. The van der Waals surface area contributed by atoms with Crippen LogP contribution >= 0.6 is 0 Å². The molecule has 15 heavy (non-hydrogen) atoms. The molecule has 1 aromatic rings. The molecule has 0 saturated heterocycles. The van der Waals surface area contributed by atoms with E-state index in [0.29, 0.717) is 0 Å². The van der Waals surface area contributed by atoms with Crippen LogP contribution in [0.1, 0.15) is 5.56 Å². The Kier molecular flexibility index (Phi) is 5.80. The number of ether oxygens (including phenoxy) is 2. The Hall–Kier alpha value is -0.633. The summed E-state index contributed by atoms with van der Waals surface area (Å²) in [6, 6.07) is 5.48. The number of benzene rings is 1. The Morgan fingerprint density at radius 1 is 1.40 bits per heavy atom. The van der Waals surface area contributed by atoms with Gasteiger partial charge in [0.25, 0.3) is 0 Å². The zero-order valence-electron chi connectivity index (χ0n) is 8.39. The Bertz CT molecular complexity index is 302. The van der Waals surface area contributed by atoms with E-state index in [2.05, 4.69) is 10.8 Å². The summed E-state index contributed by atoms with van der Waals surface area (Å²) in [7, 11) is 1.38. The third kappa shape index (κ3) is 4.60. The quantitative estimate of drug-likeness (QED) is 0.382. The van der Waals surface area contributed by atoms with Crippen molar-refractivity contribution in [3.63, 3.8) is 0 Å². The molecule has 0 amide bonds. The molecule has 0 spiro atoms. The largest absolute Gasteiger partial charge is 1.00 e. The van der Waals surface area contributed by atoms with Gasteiger partial charge in [-0.05, 0) is 0 Å². The Morgan fingerprint density at radius 3 is 2.60 bits per heavy atom. The van der Waals surface area contributed by atoms with Crippen LogP contribution < -0.4 is 23.6 Å². The second-order valence-electron chi connectivity index (χ2n) is 2.49. The Morgan fingerprint density at radius 2 is 2.07 bits per heavy atom. The summed E-state index contributed by atoms with van der Waals surface area (Å²) < 4.78 is 45.9. The van der Waals surface area contributed by atoms with E-state index in [1.54, 1.807) is 0 Å². The molecular weight excluding hydrogens is 204 g/mol. The molecule has 0 radical (unpaired) electrons. The summed E-state index contributed by atoms with van der Waals surface area (Å²) >= 11 is 0. The van der Waals surface area contributed by atoms with Crippen LogP contribution in [-0.4, -0.2) is 13.9 Å². The number of hydrogen-bond acceptors (Lipinski definition) is 2. The Balaban J connectivity index is 0.00000196. The van der Waals surface area contributed by atoms with Crippen LogP contribution in [0.3, 0.4) is 0 Å². The van der Waals surface area contributed by atoms with Crippen molar-refractivity contribution in [3.05, 3.63) is 29.8 Å². The van der Waals surface area contributed by atoms with Gasteiger partial charge in [0.1, 0.15) is 0 Å². The zero-order chi connectivity index (χ0) is 10.6. The molecule has 0 N–H and O–H groups in total.